The summed E-state index contributed by atoms with van der Waals surface area (Å²) in [5, 5.41) is 3.75. The predicted octanol–water partition coefficient (Wildman–Crippen LogP) is 3.10. The van der Waals surface area contributed by atoms with Gasteiger partial charge in [-0.2, -0.15) is 0 Å². The maximum Gasteiger partial charge on any atom is 0.137 e. The van der Waals surface area contributed by atoms with Crippen LogP contribution in [0.3, 0.4) is 0 Å². The van der Waals surface area contributed by atoms with Gasteiger partial charge in [-0.05, 0) is 31.0 Å². The number of nitrogens with one attached hydrogen (secondary N) is 1. The molecule has 0 saturated heterocycles. The highest BCUT2D eigenvalue weighted by Crippen LogP contribution is 2.18. The van der Waals surface area contributed by atoms with Crippen LogP contribution in [0, 0.1) is 6.92 Å². The number of benzene rings is 1. The molecule has 1 heterocycles. The third-order valence-corrected chi connectivity index (χ3v) is 3.27. The Morgan fingerprint density at radius 1 is 1.21 bits per heavy atom. The van der Waals surface area contributed by atoms with E-state index < -0.39 is 0 Å². The monoisotopic (exact) mass is 277 g/mol. The molecular weight excluding hydrogens is 262 g/mol. The van der Waals surface area contributed by atoms with Crippen molar-refractivity contribution in [3.05, 3.63) is 46.9 Å². The average Bonchev–Trinajstić information content (AvgIpc) is 2.44. The Labute approximate surface area is 117 Å². The summed E-state index contributed by atoms with van der Waals surface area (Å²) in [7, 11) is 1.66. The second kappa shape index (κ2) is 6.38. The summed E-state index contributed by atoms with van der Waals surface area (Å²) in [4.78, 5) is 8.10. The van der Waals surface area contributed by atoms with Crippen LogP contribution in [0.5, 0.6) is 5.75 Å². The second-order valence-corrected chi connectivity index (χ2v) is 4.52. The van der Waals surface area contributed by atoms with Crippen LogP contribution in [0.1, 0.15) is 11.1 Å². The molecule has 2 aromatic rings. The van der Waals surface area contributed by atoms with Gasteiger partial charge in [-0.25, -0.2) is 9.97 Å². The Bertz CT molecular complexity index is 543. The zero-order valence-corrected chi connectivity index (χ0v) is 11.7. The van der Waals surface area contributed by atoms with E-state index in [9.17, 15) is 0 Å². The lowest BCUT2D eigenvalue weighted by atomic mass is 10.1. The molecule has 1 aromatic carbocycles. The molecule has 1 aromatic heterocycles. The van der Waals surface area contributed by atoms with Crippen molar-refractivity contribution in [1.29, 1.82) is 0 Å². The maximum atomic E-state index is 5.94. The largest absolute Gasteiger partial charge is 0.497 e. The Kier molecular flexibility index (Phi) is 4.58. The highest BCUT2D eigenvalue weighted by molar-refractivity contribution is 6.30. The first-order valence-electron chi connectivity index (χ1n) is 6.04. The number of aromatic nitrogens is 2. The first-order valence-corrected chi connectivity index (χ1v) is 6.42. The fraction of sp³-hybridized carbons (Fsp3) is 0.286. The minimum Gasteiger partial charge on any atom is -0.497 e. The van der Waals surface area contributed by atoms with E-state index in [0.717, 1.165) is 30.1 Å². The minimum atomic E-state index is 0.488. The molecule has 0 aliphatic carbocycles. The van der Waals surface area contributed by atoms with Crippen LogP contribution in [0.15, 0.2) is 30.6 Å². The van der Waals surface area contributed by atoms with Crippen molar-refractivity contribution in [3.8, 4) is 5.75 Å². The number of rotatable bonds is 5. The van der Waals surface area contributed by atoms with Crippen LogP contribution in [-0.2, 0) is 6.42 Å². The summed E-state index contributed by atoms with van der Waals surface area (Å²) in [5.74, 6) is 1.66. The Morgan fingerprint density at radius 2 is 1.95 bits per heavy atom. The molecule has 1 N–H and O–H groups in total. The van der Waals surface area contributed by atoms with Crippen LogP contribution < -0.4 is 10.1 Å². The van der Waals surface area contributed by atoms with Crippen LogP contribution in [0.4, 0.5) is 5.82 Å². The molecular formula is C14H16ClN3O. The van der Waals surface area contributed by atoms with Crippen molar-refractivity contribution in [2.75, 3.05) is 19.0 Å². The van der Waals surface area contributed by atoms with Gasteiger partial charge < -0.3 is 10.1 Å². The quantitative estimate of drug-likeness (QED) is 0.853. The first-order chi connectivity index (χ1) is 9.20. The van der Waals surface area contributed by atoms with Gasteiger partial charge in [-0.3, -0.25) is 0 Å². The molecule has 4 nitrogen and oxygen atoms in total. The van der Waals surface area contributed by atoms with E-state index in [0.29, 0.717) is 5.15 Å². The number of anilines is 1. The third-order valence-electron chi connectivity index (χ3n) is 2.89. The van der Waals surface area contributed by atoms with Crippen LogP contribution >= 0.6 is 11.6 Å². The van der Waals surface area contributed by atoms with E-state index in [2.05, 4.69) is 27.4 Å². The number of hydrogen-bond acceptors (Lipinski definition) is 4. The Balaban J connectivity index is 1.90. The zero-order valence-electron chi connectivity index (χ0n) is 11.0. The summed E-state index contributed by atoms with van der Waals surface area (Å²) in [6.07, 6.45) is 2.37. The molecule has 0 aliphatic rings. The third kappa shape index (κ3) is 3.58. The number of halogens is 1. The number of hydrogen-bond donors (Lipinski definition) is 1. The van der Waals surface area contributed by atoms with Crippen LogP contribution in [0.2, 0.25) is 5.15 Å². The van der Waals surface area contributed by atoms with Gasteiger partial charge in [-0.15, -0.1) is 0 Å². The highest BCUT2D eigenvalue weighted by atomic mass is 35.5. The summed E-state index contributed by atoms with van der Waals surface area (Å²) >= 11 is 5.94. The summed E-state index contributed by atoms with van der Waals surface area (Å²) in [6.45, 7) is 2.69. The highest BCUT2D eigenvalue weighted by Gasteiger charge is 2.03. The molecule has 0 atom stereocenters. The molecule has 2 rings (SSSR count). The molecule has 19 heavy (non-hydrogen) atoms. The molecule has 5 heteroatoms. The second-order valence-electron chi connectivity index (χ2n) is 4.16. The molecule has 0 bridgehead atoms. The lowest BCUT2D eigenvalue weighted by molar-refractivity contribution is 0.414. The van der Waals surface area contributed by atoms with Crippen molar-refractivity contribution in [2.45, 2.75) is 13.3 Å². The summed E-state index contributed by atoms with van der Waals surface area (Å²) in [6, 6.07) is 8.03. The van der Waals surface area contributed by atoms with Gasteiger partial charge in [-0.1, -0.05) is 23.7 Å². The van der Waals surface area contributed by atoms with Gasteiger partial charge in [0.1, 0.15) is 23.0 Å². The predicted molar refractivity (Wildman–Crippen MR) is 77.0 cm³/mol. The molecule has 0 fully saturated rings. The lowest BCUT2D eigenvalue weighted by Gasteiger charge is -2.09. The van der Waals surface area contributed by atoms with E-state index in [1.165, 1.54) is 11.9 Å². The maximum absolute atomic E-state index is 5.94. The van der Waals surface area contributed by atoms with Gasteiger partial charge in [0.05, 0.1) is 7.11 Å². The molecule has 0 saturated carbocycles. The fourth-order valence-electron chi connectivity index (χ4n) is 1.72. The van der Waals surface area contributed by atoms with Crippen LogP contribution in [0.25, 0.3) is 0 Å². The Morgan fingerprint density at radius 3 is 2.63 bits per heavy atom. The van der Waals surface area contributed by atoms with Crippen LogP contribution in [-0.4, -0.2) is 23.6 Å². The first kappa shape index (κ1) is 13.6. The summed E-state index contributed by atoms with van der Waals surface area (Å²) < 4.78 is 5.12. The fourth-order valence-corrected chi connectivity index (χ4v) is 1.86. The minimum absolute atomic E-state index is 0.488. The molecule has 0 spiro atoms. The zero-order chi connectivity index (χ0) is 13.7. The average molecular weight is 278 g/mol. The van der Waals surface area contributed by atoms with Crippen molar-refractivity contribution in [1.82, 2.24) is 9.97 Å². The molecule has 100 valence electrons. The molecule has 0 unspecified atom stereocenters. The number of nitrogens with zero attached hydrogens (tertiary/aromatic N) is 2. The van der Waals surface area contributed by atoms with Gasteiger partial charge >= 0.3 is 0 Å². The van der Waals surface area contributed by atoms with E-state index in [1.807, 2.05) is 19.1 Å². The smallest absolute Gasteiger partial charge is 0.137 e. The number of ether oxygens (including phenoxy) is 1. The molecule has 0 aliphatic heterocycles. The lowest BCUT2D eigenvalue weighted by Crippen LogP contribution is -2.08. The van der Waals surface area contributed by atoms with E-state index in [4.69, 9.17) is 16.3 Å². The van der Waals surface area contributed by atoms with Crippen molar-refractivity contribution in [3.63, 3.8) is 0 Å². The molecule has 0 radical (unpaired) electrons. The molecule has 0 amide bonds. The van der Waals surface area contributed by atoms with Crippen molar-refractivity contribution < 1.29 is 4.74 Å². The van der Waals surface area contributed by atoms with Gasteiger partial charge in [0, 0.05) is 12.1 Å². The van der Waals surface area contributed by atoms with E-state index in [-0.39, 0.29) is 0 Å². The topological polar surface area (TPSA) is 47.0 Å². The Hall–Kier alpha value is -1.81. The van der Waals surface area contributed by atoms with E-state index in [1.54, 1.807) is 7.11 Å². The normalized spacial score (nSPS) is 10.3. The van der Waals surface area contributed by atoms with Gasteiger partial charge in [0.2, 0.25) is 0 Å². The van der Waals surface area contributed by atoms with E-state index >= 15 is 0 Å². The standard InChI is InChI=1S/C14H16ClN3O/c1-10-13(15)17-9-18-14(10)16-8-7-11-3-5-12(19-2)6-4-11/h3-6,9H,7-8H2,1-2H3,(H,16,17,18). The van der Waals surface area contributed by atoms with Gasteiger partial charge in [0.25, 0.3) is 0 Å². The number of methoxy groups -OCH3 is 1. The van der Waals surface area contributed by atoms with Crippen molar-refractivity contribution >= 4 is 17.4 Å². The SMILES string of the molecule is COc1ccc(CCNc2ncnc(Cl)c2C)cc1. The van der Waals surface area contributed by atoms with Crippen molar-refractivity contribution in [2.24, 2.45) is 0 Å². The summed E-state index contributed by atoms with van der Waals surface area (Å²) in [5.41, 5.74) is 2.12. The van der Waals surface area contributed by atoms with Gasteiger partial charge in [0.15, 0.2) is 0 Å².